The molecular formula is C27H17ClN2O4S. The summed E-state index contributed by atoms with van der Waals surface area (Å²) in [5.41, 5.74) is 1.09. The number of thiocarbonyl (C=S) groups is 1. The number of carbonyl (C=O) groups excluding carboxylic acids is 2. The molecule has 0 radical (unpaired) electrons. The van der Waals surface area contributed by atoms with Gasteiger partial charge in [-0.1, -0.05) is 41.9 Å². The van der Waals surface area contributed by atoms with Crippen molar-refractivity contribution in [2.45, 2.75) is 0 Å². The Morgan fingerprint density at radius 1 is 0.857 bits per heavy atom. The van der Waals surface area contributed by atoms with E-state index in [1.54, 1.807) is 42.5 Å². The van der Waals surface area contributed by atoms with Crippen LogP contribution in [-0.4, -0.2) is 16.9 Å². The highest BCUT2D eigenvalue weighted by molar-refractivity contribution is 7.80. The monoisotopic (exact) mass is 500 g/mol. The molecule has 4 aromatic rings. The molecule has 3 aromatic carbocycles. The zero-order valence-electron chi connectivity index (χ0n) is 18.1. The lowest BCUT2D eigenvalue weighted by molar-refractivity contribution is -0.122. The molecule has 1 fully saturated rings. The molecule has 5 rings (SSSR count). The van der Waals surface area contributed by atoms with E-state index in [4.69, 9.17) is 33.0 Å². The zero-order chi connectivity index (χ0) is 24.4. The molecule has 0 spiro atoms. The molecule has 0 aliphatic carbocycles. The van der Waals surface area contributed by atoms with Crippen molar-refractivity contribution in [1.29, 1.82) is 0 Å². The van der Waals surface area contributed by atoms with Crippen molar-refractivity contribution in [2.75, 3.05) is 4.90 Å². The van der Waals surface area contributed by atoms with E-state index in [9.17, 15) is 9.59 Å². The Kier molecular flexibility index (Phi) is 6.18. The normalized spacial score (nSPS) is 14.8. The van der Waals surface area contributed by atoms with Gasteiger partial charge in [-0.25, -0.2) is 0 Å². The lowest BCUT2D eigenvalue weighted by Gasteiger charge is -2.28. The molecule has 8 heteroatoms. The first-order valence-corrected chi connectivity index (χ1v) is 11.4. The molecule has 1 aliphatic rings. The standard InChI is InChI=1S/C27H17ClN2O4S/c28-23-9-5-4-8-21(23)24-15-14-20(34-24)16-22-25(31)29-27(35)30(26(22)32)17-10-12-19(13-11-17)33-18-6-2-1-3-7-18/h1-16H,(H,29,31,35). The molecule has 1 saturated heterocycles. The van der Waals surface area contributed by atoms with E-state index in [0.717, 1.165) is 0 Å². The Balaban J connectivity index is 1.40. The Morgan fingerprint density at radius 3 is 2.29 bits per heavy atom. The molecule has 1 aromatic heterocycles. The van der Waals surface area contributed by atoms with Gasteiger partial charge in [0.2, 0.25) is 0 Å². The molecule has 0 atom stereocenters. The molecule has 35 heavy (non-hydrogen) atoms. The number of hydrogen-bond donors (Lipinski definition) is 1. The van der Waals surface area contributed by atoms with Crippen molar-refractivity contribution in [3.63, 3.8) is 0 Å². The van der Waals surface area contributed by atoms with E-state index in [-0.39, 0.29) is 10.7 Å². The van der Waals surface area contributed by atoms with Crippen LogP contribution in [0.5, 0.6) is 11.5 Å². The molecule has 2 amide bonds. The largest absolute Gasteiger partial charge is 0.457 e. The van der Waals surface area contributed by atoms with Gasteiger partial charge >= 0.3 is 0 Å². The summed E-state index contributed by atoms with van der Waals surface area (Å²) in [6.45, 7) is 0. The van der Waals surface area contributed by atoms with E-state index in [0.29, 0.717) is 39.3 Å². The van der Waals surface area contributed by atoms with Crippen LogP contribution in [0, 0.1) is 0 Å². The lowest BCUT2D eigenvalue weighted by atomic mass is 10.1. The summed E-state index contributed by atoms with van der Waals surface area (Å²) in [4.78, 5) is 27.1. The second-order valence-electron chi connectivity index (χ2n) is 7.55. The summed E-state index contributed by atoms with van der Waals surface area (Å²) >= 11 is 11.5. The number of nitrogens with zero attached hydrogens (tertiary/aromatic N) is 1. The first-order chi connectivity index (χ1) is 17.0. The SMILES string of the molecule is O=C1NC(=S)N(c2ccc(Oc3ccccc3)cc2)C(=O)C1=Cc1ccc(-c2ccccc2Cl)o1. The van der Waals surface area contributed by atoms with Gasteiger partial charge in [-0.05, 0) is 79.0 Å². The number of benzene rings is 3. The van der Waals surface area contributed by atoms with E-state index in [1.807, 2.05) is 48.5 Å². The Bertz CT molecular complexity index is 1460. The number of nitrogens with one attached hydrogen (secondary N) is 1. The molecule has 1 N–H and O–H groups in total. The molecule has 0 bridgehead atoms. The smallest absolute Gasteiger partial charge is 0.270 e. The Hall–Kier alpha value is -4.20. The average molecular weight is 501 g/mol. The molecule has 172 valence electrons. The van der Waals surface area contributed by atoms with E-state index >= 15 is 0 Å². The second-order valence-corrected chi connectivity index (χ2v) is 8.34. The third-order valence-electron chi connectivity index (χ3n) is 5.23. The van der Waals surface area contributed by atoms with Crippen molar-refractivity contribution in [1.82, 2.24) is 5.32 Å². The van der Waals surface area contributed by atoms with Crippen LogP contribution < -0.4 is 15.0 Å². The summed E-state index contributed by atoms with van der Waals surface area (Å²) in [7, 11) is 0. The van der Waals surface area contributed by atoms with Crippen LogP contribution in [0.2, 0.25) is 5.02 Å². The van der Waals surface area contributed by atoms with Crippen LogP contribution in [0.4, 0.5) is 5.69 Å². The van der Waals surface area contributed by atoms with Gasteiger partial charge in [-0.2, -0.15) is 0 Å². The van der Waals surface area contributed by atoms with Crippen LogP contribution in [0.25, 0.3) is 17.4 Å². The number of rotatable bonds is 5. The van der Waals surface area contributed by atoms with Crippen LogP contribution in [0.3, 0.4) is 0 Å². The maximum Gasteiger partial charge on any atom is 0.270 e. The zero-order valence-corrected chi connectivity index (χ0v) is 19.7. The van der Waals surface area contributed by atoms with Gasteiger partial charge in [0.1, 0.15) is 28.6 Å². The molecule has 1 aliphatic heterocycles. The maximum atomic E-state index is 13.3. The van der Waals surface area contributed by atoms with Crippen LogP contribution in [-0.2, 0) is 9.59 Å². The van der Waals surface area contributed by atoms with Crippen molar-refractivity contribution < 1.29 is 18.7 Å². The summed E-state index contributed by atoms with van der Waals surface area (Å²) in [6.07, 6.45) is 1.39. The third kappa shape index (κ3) is 4.73. The third-order valence-corrected chi connectivity index (χ3v) is 5.84. The summed E-state index contributed by atoms with van der Waals surface area (Å²) in [5.74, 6) is 0.974. The second kappa shape index (κ2) is 9.58. The van der Waals surface area contributed by atoms with Gasteiger partial charge in [-0.3, -0.25) is 19.8 Å². The fourth-order valence-electron chi connectivity index (χ4n) is 3.56. The van der Waals surface area contributed by atoms with Crippen molar-refractivity contribution in [2.24, 2.45) is 0 Å². The van der Waals surface area contributed by atoms with Crippen LogP contribution in [0.15, 0.2) is 101 Å². The fourth-order valence-corrected chi connectivity index (χ4v) is 4.07. The Morgan fingerprint density at radius 2 is 1.54 bits per heavy atom. The highest BCUT2D eigenvalue weighted by Crippen LogP contribution is 2.31. The minimum atomic E-state index is -0.601. The van der Waals surface area contributed by atoms with Crippen LogP contribution >= 0.6 is 23.8 Å². The Labute approximate surface area is 211 Å². The number of amides is 2. The van der Waals surface area contributed by atoms with Gasteiger partial charge in [0.25, 0.3) is 11.8 Å². The van der Waals surface area contributed by atoms with Gasteiger partial charge in [-0.15, -0.1) is 0 Å². The summed E-state index contributed by atoms with van der Waals surface area (Å²) in [5, 5.41) is 3.09. The number of hydrogen-bond acceptors (Lipinski definition) is 5. The molecule has 0 unspecified atom stereocenters. The number of para-hydroxylation sites is 1. The number of carbonyl (C=O) groups is 2. The number of furan rings is 1. The number of halogens is 1. The van der Waals surface area contributed by atoms with Gasteiger partial charge < -0.3 is 9.15 Å². The minimum Gasteiger partial charge on any atom is -0.457 e. The van der Waals surface area contributed by atoms with Gasteiger partial charge in [0.15, 0.2) is 5.11 Å². The average Bonchev–Trinajstić information content (AvgIpc) is 3.32. The summed E-state index contributed by atoms with van der Waals surface area (Å²) in [6, 6.07) is 26.8. The highest BCUT2D eigenvalue weighted by atomic mass is 35.5. The highest BCUT2D eigenvalue weighted by Gasteiger charge is 2.34. The van der Waals surface area contributed by atoms with E-state index < -0.39 is 11.8 Å². The topological polar surface area (TPSA) is 71.8 Å². The summed E-state index contributed by atoms with van der Waals surface area (Å²) < 4.78 is 11.6. The molecule has 6 nitrogen and oxygen atoms in total. The fraction of sp³-hybridized carbons (Fsp3) is 0. The molecule has 0 saturated carbocycles. The van der Waals surface area contributed by atoms with Crippen molar-refractivity contribution >= 4 is 52.5 Å². The number of ether oxygens (including phenoxy) is 1. The number of anilines is 1. The van der Waals surface area contributed by atoms with E-state index in [2.05, 4.69) is 5.32 Å². The first-order valence-electron chi connectivity index (χ1n) is 10.6. The molecular weight excluding hydrogens is 484 g/mol. The lowest BCUT2D eigenvalue weighted by Crippen LogP contribution is -2.54. The maximum absolute atomic E-state index is 13.3. The minimum absolute atomic E-state index is 0.00919. The van der Waals surface area contributed by atoms with Gasteiger partial charge in [0, 0.05) is 5.56 Å². The van der Waals surface area contributed by atoms with Crippen molar-refractivity contribution in [3.05, 3.63) is 107 Å². The van der Waals surface area contributed by atoms with Crippen molar-refractivity contribution in [3.8, 4) is 22.8 Å². The van der Waals surface area contributed by atoms with Gasteiger partial charge in [0.05, 0.1) is 10.7 Å². The predicted octanol–water partition coefficient (Wildman–Crippen LogP) is 6.22. The quantitative estimate of drug-likeness (QED) is 0.200. The van der Waals surface area contributed by atoms with Crippen LogP contribution in [0.1, 0.15) is 5.76 Å². The van der Waals surface area contributed by atoms with E-state index in [1.165, 1.54) is 11.0 Å². The molecule has 2 heterocycles. The first kappa shape index (κ1) is 22.6. The predicted molar refractivity (Wildman–Crippen MR) is 138 cm³/mol.